The summed E-state index contributed by atoms with van der Waals surface area (Å²) in [5, 5.41) is 18.8. The van der Waals surface area contributed by atoms with E-state index in [1.807, 2.05) is 6.08 Å². The second kappa shape index (κ2) is 52.3. The molecule has 0 radical (unpaired) electrons. The van der Waals surface area contributed by atoms with Gasteiger partial charge in [-0.1, -0.05) is 184 Å². The van der Waals surface area contributed by atoms with Gasteiger partial charge in [0.2, 0.25) is 0 Å². The van der Waals surface area contributed by atoms with E-state index in [1.54, 1.807) is 0 Å². The molecule has 0 aliphatic carbocycles. The maximum atomic E-state index is 12.8. The Hall–Kier alpha value is -3.05. The third-order valence-electron chi connectivity index (χ3n) is 11.9. The Morgan fingerprint density at radius 1 is 0.388 bits per heavy atom. The monoisotopic (exact) mass is 945 g/mol. The molecule has 0 aromatic heterocycles. The number of unbranched alkanes of at least 4 members (excludes halogenated alkanes) is 23. The summed E-state index contributed by atoms with van der Waals surface area (Å²) < 4.78 is 16.7. The van der Waals surface area contributed by atoms with Crippen LogP contribution in [0.3, 0.4) is 0 Å². The largest absolute Gasteiger partial charge is 0.462 e. The van der Waals surface area contributed by atoms with Gasteiger partial charge in [0.25, 0.3) is 0 Å². The SMILES string of the molecule is CCCCCC=CCC=CCCCCCCCC(=O)OCC(COC(=O)CCCCCCCC(OO)C(CC=CCCCCC)OO)OC(=O)CCCCCCCC=CCC=CCCCCC. The van der Waals surface area contributed by atoms with Crippen molar-refractivity contribution in [1.82, 2.24) is 0 Å². The first-order valence-electron chi connectivity index (χ1n) is 27.3. The zero-order chi connectivity index (χ0) is 48.9. The molecule has 0 aliphatic heterocycles. The molecular formula is C57H100O10. The molecule has 0 aromatic carbocycles. The second-order valence-corrected chi connectivity index (χ2v) is 18.2. The lowest BCUT2D eigenvalue weighted by Crippen LogP contribution is -2.30. The minimum absolute atomic E-state index is 0.143. The number of carbonyl (C=O) groups excluding carboxylic acids is 3. The average Bonchev–Trinajstić information content (AvgIpc) is 3.33. The van der Waals surface area contributed by atoms with E-state index in [-0.39, 0.29) is 44.0 Å². The van der Waals surface area contributed by atoms with Gasteiger partial charge < -0.3 is 14.2 Å². The van der Waals surface area contributed by atoms with Crippen LogP contribution >= 0.6 is 0 Å². The molecule has 0 aliphatic rings. The number of rotatable bonds is 50. The van der Waals surface area contributed by atoms with E-state index in [2.05, 4.69) is 85.2 Å². The van der Waals surface area contributed by atoms with Crippen LogP contribution in [-0.4, -0.2) is 59.9 Å². The molecule has 0 saturated heterocycles. The summed E-state index contributed by atoms with van der Waals surface area (Å²) in [7, 11) is 0. The molecule has 0 heterocycles. The van der Waals surface area contributed by atoms with Crippen molar-refractivity contribution >= 4 is 17.9 Å². The van der Waals surface area contributed by atoms with Gasteiger partial charge in [0.05, 0.1) is 0 Å². The first kappa shape index (κ1) is 64.0. The minimum atomic E-state index is -0.854. The predicted octanol–water partition coefficient (Wildman–Crippen LogP) is 16.6. The van der Waals surface area contributed by atoms with Crippen LogP contribution in [0.1, 0.15) is 252 Å². The Labute approximate surface area is 409 Å². The lowest BCUT2D eigenvalue weighted by Gasteiger charge is -2.20. The number of ether oxygens (including phenoxy) is 3. The smallest absolute Gasteiger partial charge is 0.306 e. The Bertz CT molecular complexity index is 1260. The fourth-order valence-corrected chi connectivity index (χ4v) is 7.61. The molecule has 0 saturated carbocycles. The van der Waals surface area contributed by atoms with Crippen LogP contribution in [0.15, 0.2) is 60.8 Å². The molecule has 0 amide bonds. The van der Waals surface area contributed by atoms with Gasteiger partial charge in [-0.15, -0.1) is 0 Å². The maximum absolute atomic E-state index is 12.8. The quantitative estimate of drug-likeness (QED) is 0.0151. The molecule has 0 spiro atoms. The normalized spacial score (nSPS) is 13.4. The van der Waals surface area contributed by atoms with Crippen LogP contribution in [0.2, 0.25) is 0 Å². The van der Waals surface area contributed by atoms with Gasteiger partial charge in [0, 0.05) is 19.3 Å². The topological polar surface area (TPSA) is 138 Å². The molecule has 0 aromatic rings. The zero-order valence-electron chi connectivity index (χ0n) is 43.0. The van der Waals surface area contributed by atoms with Crippen molar-refractivity contribution in [1.29, 1.82) is 0 Å². The van der Waals surface area contributed by atoms with Gasteiger partial charge in [-0.25, -0.2) is 9.78 Å². The van der Waals surface area contributed by atoms with E-state index in [9.17, 15) is 24.9 Å². The van der Waals surface area contributed by atoms with Crippen molar-refractivity contribution < 1.29 is 48.9 Å². The molecule has 0 bridgehead atoms. The number of allylic oxidation sites excluding steroid dienone is 9. The molecule has 0 fully saturated rings. The number of carbonyl (C=O) groups is 3. The van der Waals surface area contributed by atoms with Crippen molar-refractivity contribution in [3.63, 3.8) is 0 Å². The standard InChI is InChI=1S/C57H100O10/c1-4-7-10-13-16-18-20-22-24-26-28-30-32-37-42-47-55(58)63-50-52(65-57(60)49-44-38-33-31-29-27-25-23-21-19-17-14-11-8-5-2)51-64-56(59)48-43-39-34-36-41-46-54(67-62)53(66-61)45-40-35-15-12-9-6-3/h16-19,22-25,35,40,52-54,61-62H,4-15,20-21,26-34,36-39,41-51H2,1-3H3. The predicted molar refractivity (Wildman–Crippen MR) is 276 cm³/mol. The summed E-state index contributed by atoms with van der Waals surface area (Å²) in [5.74, 6) is -1.09. The summed E-state index contributed by atoms with van der Waals surface area (Å²) in [6, 6.07) is 0. The van der Waals surface area contributed by atoms with Crippen molar-refractivity contribution in [2.24, 2.45) is 0 Å². The number of hydrogen-bond donors (Lipinski definition) is 2. The second-order valence-electron chi connectivity index (χ2n) is 18.2. The molecule has 0 rings (SSSR count). The summed E-state index contributed by atoms with van der Waals surface area (Å²) in [4.78, 5) is 47.4. The fraction of sp³-hybridized carbons (Fsp3) is 0.772. The van der Waals surface area contributed by atoms with E-state index < -0.39 is 18.3 Å². The summed E-state index contributed by atoms with van der Waals surface area (Å²) in [6.07, 6.45) is 54.4. The molecule has 2 N–H and O–H groups in total. The van der Waals surface area contributed by atoms with E-state index in [1.165, 1.54) is 57.8 Å². The molecule has 10 nitrogen and oxygen atoms in total. The van der Waals surface area contributed by atoms with Gasteiger partial charge in [-0.2, -0.15) is 0 Å². The van der Waals surface area contributed by atoms with Crippen molar-refractivity contribution in [3.05, 3.63) is 60.8 Å². The Morgan fingerprint density at radius 2 is 0.731 bits per heavy atom. The Kier molecular flexibility index (Phi) is 49.9. The van der Waals surface area contributed by atoms with Crippen LogP contribution in [0, 0.1) is 0 Å². The van der Waals surface area contributed by atoms with Gasteiger partial charge >= 0.3 is 17.9 Å². The highest BCUT2D eigenvalue weighted by atomic mass is 17.1. The highest BCUT2D eigenvalue weighted by Crippen LogP contribution is 2.18. The first-order chi connectivity index (χ1) is 32.9. The summed E-state index contributed by atoms with van der Waals surface area (Å²) in [5.41, 5.74) is 0. The van der Waals surface area contributed by atoms with E-state index in [0.717, 1.165) is 135 Å². The molecular weight excluding hydrogens is 845 g/mol. The summed E-state index contributed by atoms with van der Waals surface area (Å²) in [6.45, 7) is 6.32. The van der Waals surface area contributed by atoms with E-state index in [4.69, 9.17) is 14.2 Å². The van der Waals surface area contributed by atoms with Crippen LogP contribution in [-0.2, 0) is 38.4 Å². The Morgan fingerprint density at radius 3 is 1.13 bits per heavy atom. The zero-order valence-corrected chi connectivity index (χ0v) is 43.0. The van der Waals surface area contributed by atoms with Gasteiger partial charge in [0.1, 0.15) is 25.4 Å². The highest BCUT2D eigenvalue weighted by Gasteiger charge is 2.23. The maximum Gasteiger partial charge on any atom is 0.306 e. The lowest BCUT2D eigenvalue weighted by molar-refractivity contribution is -0.355. The van der Waals surface area contributed by atoms with Crippen molar-refractivity contribution in [3.8, 4) is 0 Å². The summed E-state index contributed by atoms with van der Waals surface area (Å²) >= 11 is 0. The number of hydrogen-bond acceptors (Lipinski definition) is 10. The van der Waals surface area contributed by atoms with Gasteiger partial charge in [0.15, 0.2) is 6.10 Å². The van der Waals surface area contributed by atoms with Gasteiger partial charge in [-0.05, 0) is 109 Å². The average molecular weight is 945 g/mol. The lowest BCUT2D eigenvalue weighted by atomic mass is 10.0. The van der Waals surface area contributed by atoms with E-state index >= 15 is 0 Å². The van der Waals surface area contributed by atoms with Crippen LogP contribution in [0.25, 0.3) is 0 Å². The van der Waals surface area contributed by atoms with Crippen LogP contribution in [0.5, 0.6) is 0 Å². The number of esters is 3. The highest BCUT2D eigenvalue weighted by molar-refractivity contribution is 5.71. The minimum Gasteiger partial charge on any atom is -0.462 e. The van der Waals surface area contributed by atoms with Crippen molar-refractivity contribution in [2.45, 2.75) is 270 Å². The third-order valence-corrected chi connectivity index (χ3v) is 11.9. The molecule has 3 unspecified atom stereocenters. The fourth-order valence-electron chi connectivity index (χ4n) is 7.61. The Balaban J connectivity index is 4.63. The molecule has 3 atom stereocenters. The van der Waals surface area contributed by atoms with E-state index in [0.29, 0.717) is 25.7 Å². The third kappa shape index (κ3) is 46.5. The molecule has 10 heteroatoms. The molecule has 388 valence electrons. The van der Waals surface area contributed by atoms with Crippen molar-refractivity contribution in [2.75, 3.05) is 13.2 Å². The van der Waals surface area contributed by atoms with Crippen LogP contribution in [0.4, 0.5) is 0 Å². The molecule has 67 heavy (non-hydrogen) atoms. The van der Waals surface area contributed by atoms with Gasteiger partial charge in [-0.3, -0.25) is 24.9 Å². The van der Waals surface area contributed by atoms with Crippen LogP contribution < -0.4 is 0 Å². The first-order valence-corrected chi connectivity index (χ1v) is 27.3.